The number of allylic oxidation sites excluding steroid dienone is 4. The van der Waals surface area contributed by atoms with Crippen LogP contribution in [0.5, 0.6) is 0 Å². The Labute approximate surface area is 248 Å². The average molecular weight is 586 g/mol. The van der Waals surface area contributed by atoms with Crippen LogP contribution in [-0.2, 0) is 35.1 Å². The molecule has 1 atom stereocenters. The van der Waals surface area contributed by atoms with Crippen LogP contribution in [0.4, 0.5) is 0 Å². The van der Waals surface area contributed by atoms with Gasteiger partial charge in [0, 0.05) is 0 Å². The topological polar surface area (TPSA) is 0 Å². The quantitative estimate of drug-likeness (QED) is 0.230. The number of hydrogen-bond donors (Lipinski definition) is 0. The first-order chi connectivity index (χ1) is 17.6. The van der Waals surface area contributed by atoms with Crippen LogP contribution in [0.15, 0.2) is 60.2 Å². The zero-order valence-corrected chi connectivity index (χ0v) is 28.3. The van der Waals surface area contributed by atoms with Crippen molar-refractivity contribution in [2.75, 3.05) is 0 Å². The van der Waals surface area contributed by atoms with E-state index in [9.17, 15) is 0 Å². The fourth-order valence-electron chi connectivity index (χ4n) is 4.99. The zero-order chi connectivity index (χ0) is 28.3. The summed E-state index contributed by atoms with van der Waals surface area (Å²) < 4.78 is 1.80. The van der Waals surface area contributed by atoms with Gasteiger partial charge in [-0.2, -0.15) is 11.6 Å². The summed E-state index contributed by atoms with van der Waals surface area (Å²) in [6, 6.07) is 16.2. The van der Waals surface area contributed by atoms with Crippen molar-refractivity contribution < 1.29 is 24.2 Å². The fourth-order valence-corrected chi connectivity index (χ4v) is 5.86. The Kier molecular flexibility index (Phi) is 10.1. The molecule has 0 bridgehead atoms. The molecule has 3 aromatic rings. The fraction of sp³-hybridized carbons (Fsp3) is 0.514. The normalized spacial score (nSPS) is 18.2. The predicted molar refractivity (Wildman–Crippen MR) is 167 cm³/mol. The standard InChI is InChI=1S/C21H25.C10H15.C6H10.Zr/c1-20(2,3)16-7-9-18-14(12-16)11-15-13-17(21(4,5)6)8-10-19(15)18;1-8-5-6-9(7-8)10(2,3)4;1-2-4-6-5-3-1;/h7-13H,1-6H3;6-8H,1-4H3;1-5H2;/q2*-1;;+2. The van der Waals surface area contributed by atoms with Gasteiger partial charge in [0.1, 0.15) is 0 Å². The molecule has 0 aliphatic heterocycles. The third-order valence-corrected chi connectivity index (χ3v) is 8.92. The minimum absolute atomic E-state index is 0.203. The molecule has 1 fully saturated rings. The van der Waals surface area contributed by atoms with Crippen LogP contribution < -0.4 is 0 Å². The zero-order valence-electron chi connectivity index (χ0n) is 25.8. The minimum atomic E-state index is 0.203. The average Bonchev–Trinajstić information content (AvgIpc) is 3.42. The second-order valence-electron chi connectivity index (χ2n) is 14.4. The third-order valence-electron chi connectivity index (χ3n) is 7.69. The number of rotatable bonds is 0. The summed E-state index contributed by atoms with van der Waals surface area (Å²) in [5.74, 6) is 0.522. The van der Waals surface area contributed by atoms with E-state index in [1.807, 2.05) is 0 Å². The molecule has 0 aromatic heterocycles. The van der Waals surface area contributed by atoms with E-state index in [4.69, 9.17) is 0 Å². The molecule has 1 unspecified atom stereocenters. The van der Waals surface area contributed by atoms with E-state index in [2.05, 4.69) is 130 Å². The molecule has 202 valence electrons. The third kappa shape index (κ3) is 8.52. The molecule has 2 aliphatic carbocycles. The SMILES string of the molecule is CC(C)(C)c1ccc2c(c1)[cH-]c1cc(C(C)(C)C)ccc12.CC1[C-]=CC(C(C)(C)C)=C1.[Zr+2]=[C]1CCCCC1. The summed E-state index contributed by atoms with van der Waals surface area (Å²) >= 11 is 1.69. The van der Waals surface area contributed by atoms with E-state index in [-0.39, 0.29) is 10.8 Å². The van der Waals surface area contributed by atoms with Crippen LogP contribution >= 0.6 is 0 Å². The Hall–Kier alpha value is -1.46. The molecule has 0 radical (unpaired) electrons. The van der Waals surface area contributed by atoms with E-state index in [0.717, 1.165) is 0 Å². The second-order valence-corrected chi connectivity index (χ2v) is 16.1. The molecule has 1 saturated carbocycles. The Morgan fingerprint density at radius 2 is 1.18 bits per heavy atom. The van der Waals surface area contributed by atoms with Crippen LogP contribution in [0.1, 0.15) is 112 Å². The van der Waals surface area contributed by atoms with E-state index >= 15 is 0 Å². The Bertz CT molecular complexity index is 1230. The van der Waals surface area contributed by atoms with E-state index in [1.165, 1.54) is 70.3 Å². The van der Waals surface area contributed by atoms with Crippen molar-refractivity contribution in [2.24, 2.45) is 11.3 Å². The van der Waals surface area contributed by atoms with Gasteiger partial charge in [0.15, 0.2) is 0 Å². The summed E-state index contributed by atoms with van der Waals surface area (Å²) in [5.41, 5.74) is 4.93. The van der Waals surface area contributed by atoms with Crippen molar-refractivity contribution in [3.63, 3.8) is 0 Å². The number of fused-ring (bicyclic) bond motifs is 3. The summed E-state index contributed by atoms with van der Waals surface area (Å²) in [5, 5.41) is 5.48. The maximum atomic E-state index is 3.26. The molecule has 0 nitrogen and oxygen atoms in total. The van der Waals surface area contributed by atoms with Crippen LogP contribution in [-0.4, -0.2) is 3.21 Å². The number of benzene rings is 2. The second kappa shape index (κ2) is 12.4. The molecule has 0 amide bonds. The van der Waals surface area contributed by atoms with Crippen LogP contribution in [0.3, 0.4) is 0 Å². The molecule has 0 spiro atoms. The molecule has 0 heterocycles. The Morgan fingerprint density at radius 3 is 1.47 bits per heavy atom. The van der Waals surface area contributed by atoms with Gasteiger partial charge in [0.25, 0.3) is 0 Å². The van der Waals surface area contributed by atoms with Gasteiger partial charge < -0.3 is 0 Å². The van der Waals surface area contributed by atoms with Gasteiger partial charge in [0.05, 0.1) is 0 Å². The van der Waals surface area contributed by atoms with Crippen molar-refractivity contribution in [1.82, 2.24) is 0 Å². The first kappa shape index (κ1) is 31.1. The Morgan fingerprint density at radius 1 is 0.711 bits per heavy atom. The molecule has 3 aromatic carbocycles. The molecular formula is C37H50Zr. The van der Waals surface area contributed by atoms with Crippen molar-refractivity contribution in [1.29, 1.82) is 0 Å². The van der Waals surface area contributed by atoms with Gasteiger partial charge in [-0.15, -0.1) is 39.7 Å². The van der Waals surface area contributed by atoms with Gasteiger partial charge in [-0.05, 0) is 10.8 Å². The molecule has 1 heteroatoms. The summed E-state index contributed by atoms with van der Waals surface area (Å²) in [6.45, 7) is 22.5. The predicted octanol–water partition coefficient (Wildman–Crippen LogP) is 10.9. The molecule has 2 aliphatic rings. The van der Waals surface area contributed by atoms with Gasteiger partial charge >= 0.3 is 59.5 Å². The van der Waals surface area contributed by atoms with Crippen LogP contribution in [0, 0.1) is 17.4 Å². The molecule has 5 rings (SSSR count). The monoisotopic (exact) mass is 584 g/mol. The summed E-state index contributed by atoms with van der Waals surface area (Å²) in [6.07, 6.45) is 15.0. The molecule has 0 N–H and O–H groups in total. The van der Waals surface area contributed by atoms with Crippen molar-refractivity contribution in [3.05, 3.63) is 77.4 Å². The molecule has 0 saturated heterocycles. The Balaban J connectivity index is 0.000000194. The van der Waals surface area contributed by atoms with E-state index in [1.54, 1.807) is 27.4 Å². The van der Waals surface area contributed by atoms with Crippen LogP contribution in [0.2, 0.25) is 0 Å². The van der Waals surface area contributed by atoms with Gasteiger partial charge in [-0.1, -0.05) is 116 Å². The van der Waals surface area contributed by atoms with Crippen molar-refractivity contribution in [3.8, 4) is 0 Å². The van der Waals surface area contributed by atoms with Crippen LogP contribution in [0.25, 0.3) is 21.5 Å². The van der Waals surface area contributed by atoms with Gasteiger partial charge in [0.2, 0.25) is 0 Å². The van der Waals surface area contributed by atoms with Gasteiger partial charge in [-0.25, -0.2) is 6.08 Å². The van der Waals surface area contributed by atoms with Crippen molar-refractivity contribution >= 4 is 24.8 Å². The van der Waals surface area contributed by atoms with Crippen molar-refractivity contribution in [2.45, 2.75) is 112 Å². The first-order valence-electron chi connectivity index (χ1n) is 14.6. The van der Waals surface area contributed by atoms with E-state index < -0.39 is 0 Å². The molecule has 38 heavy (non-hydrogen) atoms. The van der Waals surface area contributed by atoms with Gasteiger partial charge in [-0.3, -0.25) is 6.08 Å². The summed E-state index contributed by atoms with van der Waals surface area (Å²) in [7, 11) is 0. The summed E-state index contributed by atoms with van der Waals surface area (Å²) in [4.78, 5) is 0. The molecular weight excluding hydrogens is 536 g/mol. The number of hydrogen-bond acceptors (Lipinski definition) is 0. The maximum absolute atomic E-state index is 3.26. The van der Waals surface area contributed by atoms with E-state index in [0.29, 0.717) is 11.3 Å². The first-order valence-corrected chi connectivity index (χ1v) is 15.8.